The first-order valence-corrected chi connectivity index (χ1v) is 6.26. The maximum absolute atomic E-state index is 5.15. The molecule has 0 fully saturated rings. The second kappa shape index (κ2) is 6.42. The molecule has 0 saturated carbocycles. The Labute approximate surface area is 107 Å². The monoisotopic (exact) mass is 245 g/mol. The molecule has 1 aromatic carbocycles. The largest absolute Gasteiger partial charge is 0.383 e. The van der Waals surface area contributed by atoms with Crippen LogP contribution in [0, 0.1) is 0 Å². The van der Waals surface area contributed by atoms with E-state index < -0.39 is 0 Å². The average molecular weight is 245 g/mol. The molecule has 0 saturated heterocycles. The average Bonchev–Trinajstić information content (AvgIpc) is 2.43. The molecular formula is C14H19N3O. The van der Waals surface area contributed by atoms with Gasteiger partial charge in [0.15, 0.2) is 0 Å². The summed E-state index contributed by atoms with van der Waals surface area (Å²) >= 11 is 0. The highest BCUT2D eigenvalue weighted by atomic mass is 16.5. The van der Waals surface area contributed by atoms with Gasteiger partial charge in [0.1, 0.15) is 0 Å². The molecule has 0 aliphatic rings. The van der Waals surface area contributed by atoms with Gasteiger partial charge in [0.25, 0.3) is 0 Å². The van der Waals surface area contributed by atoms with Gasteiger partial charge in [-0.25, -0.2) is 4.98 Å². The summed E-state index contributed by atoms with van der Waals surface area (Å²) in [5.74, 6) is 0. The Kier molecular flexibility index (Phi) is 4.61. The van der Waals surface area contributed by atoms with Gasteiger partial charge in [-0.1, -0.05) is 19.1 Å². The molecule has 0 radical (unpaired) electrons. The number of para-hydroxylation sites is 2. The second-order valence-electron chi connectivity index (χ2n) is 4.29. The van der Waals surface area contributed by atoms with Gasteiger partial charge in [0.05, 0.1) is 29.5 Å². The van der Waals surface area contributed by atoms with Crippen LogP contribution in [-0.2, 0) is 11.3 Å². The summed E-state index contributed by atoms with van der Waals surface area (Å²) in [4.78, 5) is 8.97. The van der Waals surface area contributed by atoms with Gasteiger partial charge in [-0.2, -0.15) is 0 Å². The molecule has 1 N–H and O–H groups in total. The highest BCUT2D eigenvalue weighted by Crippen LogP contribution is 2.08. The Morgan fingerprint density at radius 3 is 2.78 bits per heavy atom. The van der Waals surface area contributed by atoms with Gasteiger partial charge in [0, 0.05) is 19.7 Å². The molecule has 18 heavy (non-hydrogen) atoms. The minimum absolute atomic E-state index is 0.364. The van der Waals surface area contributed by atoms with E-state index in [2.05, 4.69) is 22.2 Å². The lowest BCUT2D eigenvalue weighted by Gasteiger charge is -2.15. The molecule has 0 bridgehead atoms. The molecule has 1 unspecified atom stereocenters. The number of nitrogens with one attached hydrogen (secondary N) is 1. The molecule has 1 heterocycles. The molecule has 0 amide bonds. The molecule has 2 rings (SSSR count). The third-order valence-electron chi connectivity index (χ3n) is 2.93. The Hall–Kier alpha value is -1.52. The zero-order chi connectivity index (χ0) is 12.8. The zero-order valence-corrected chi connectivity index (χ0v) is 10.9. The fourth-order valence-corrected chi connectivity index (χ4v) is 1.85. The number of rotatable bonds is 6. The Morgan fingerprint density at radius 1 is 1.28 bits per heavy atom. The predicted molar refractivity (Wildman–Crippen MR) is 72.3 cm³/mol. The number of hydrogen-bond acceptors (Lipinski definition) is 4. The van der Waals surface area contributed by atoms with E-state index in [-0.39, 0.29) is 0 Å². The van der Waals surface area contributed by atoms with Crippen LogP contribution in [0.2, 0.25) is 0 Å². The zero-order valence-electron chi connectivity index (χ0n) is 10.9. The van der Waals surface area contributed by atoms with Crippen LogP contribution in [0.15, 0.2) is 30.5 Å². The van der Waals surface area contributed by atoms with Gasteiger partial charge in [0.2, 0.25) is 0 Å². The lowest BCUT2D eigenvalue weighted by atomic mass is 10.2. The normalized spacial score (nSPS) is 12.8. The lowest BCUT2D eigenvalue weighted by molar-refractivity contribution is 0.163. The van der Waals surface area contributed by atoms with Crippen LogP contribution in [0.4, 0.5) is 0 Å². The van der Waals surface area contributed by atoms with Crippen molar-refractivity contribution in [1.82, 2.24) is 15.3 Å². The summed E-state index contributed by atoms with van der Waals surface area (Å²) in [5, 5.41) is 3.42. The molecule has 1 aromatic heterocycles. The number of hydrogen-bond donors (Lipinski definition) is 1. The highest BCUT2D eigenvalue weighted by molar-refractivity contribution is 5.73. The number of benzene rings is 1. The Morgan fingerprint density at radius 2 is 2.06 bits per heavy atom. The first-order valence-electron chi connectivity index (χ1n) is 6.26. The number of aromatic nitrogens is 2. The molecule has 4 heteroatoms. The predicted octanol–water partition coefficient (Wildman–Crippen LogP) is 2.14. The number of fused-ring (bicyclic) bond motifs is 1. The number of ether oxygens (including phenoxy) is 1. The van der Waals surface area contributed by atoms with Crippen LogP contribution in [0.1, 0.15) is 19.0 Å². The summed E-state index contributed by atoms with van der Waals surface area (Å²) < 4.78 is 5.15. The summed E-state index contributed by atoms with van der Waals surface area (Å²) in [5.41, 5.74) is 2.84. The van der Waals surface area contributed by atoms with Crippen molar-refractivity contribution in [2.75, 3.05) is 13.7 Å². The molecule has 0 aliphatic heterocycles. The molecule has 4 nitrogen and oxygen atoms in total. The van der Waals surface area contributed by atoms with Crippen molar-refractivity contribution < 1.29 is 4.74 Å². The summed E-state index contributed by atoms with van der Waals surface area (Å²) in [7, 11) is 1.72. The third-order valence-corrected chi connectivity index (χ3v) is 2.93. The van der Waals surface area contributed by atoms with E-state index in [0.717, 1.165) is 36.3 Å². The van der Waals surface area contributed by atoms with Gasteiger partial charge >= 0.3 is 0 Å². The standard InChI is InChI=1S/C14H19N3O/c1-3-11(10-18-2)15-8-12-9-16-13-6-4-5-7-14(13)17-12/h4-7,9,11,15H,3,8,10H2,1-2H3. The molecule has 0 spiro atoms. The quantitative estimate of drug-likeness (QED) is 0.847. The van der Waals surface area contributed by atoms with Gasteiger partial charge in [-0.05, 0) is 18.6 Å². The SMILES string of the molecule is CCC(COC)NCc1cnc2ccccc2n1. The summed E-state index contributed by atoms with van der Waals surface area (Å²) in [6.45, 7) is 3.58. The van der Waals surface area contributed by atoms with E-state index >= 15 is 0 Å². The minimum atomic E-state index is 0.364. The lowest BCUT2D eigenvalue weighted by Crippen LogP contribution is -2.32. The molecular weight excluding hydrogens is 226 g/mol. The smallest absolute Gasteiger partial charge is 0.0890 e. The molecule has 2 aromatic rings. The maximum Gasteiger partial charge on any atom is 0.0890 e. The molecule has 0 aliphatic carbocycles. The van der Waals surface area contributed by atoms with Crippen molar-refractivity contribution in [3.63, 3.8) is 0 Å². The van der Waals surface area contributed by atoms with Crippen LogP contribution in [0.5, 0.6) is 0 Å². The van der Waals surface area contributed by atoms with Crippen LogP contribution in [-0.4, -0.2) is 29.7 Å². The Bertz CT molecular complexity index is 501. The van der Waals surface area contributed by atoms with Gasteiger partial charge < -0.3 is 10.1 Å². The summed E-state index contributed by atoms with van der Waals surface area (Å²) in [6.07, 6.45) is 2.86. The summed E-state index contributed by atoms with van der Waals surface area (Å²) in [6, 6.07) is 8.27. The van der Waals surface area contributed by atoms with Crippen LogP contribution < -0.4 is 5.32 Å². The topological polar surface area (TPSA) is 47.0 Å². The fraction of sp³-hybridized carbons (Fsp3) is 0.429. The van der Waals surface area contributed by atoms with E-state index in [4.69, 9.17) is 4.74 Å². The van der Waals surface area contributed by atoms with E-state index in [1.165, 1.54) is 0 Å². The Balaban J connectivity index is 2.03. The maximum atomic E-state index is 5.15. The first kappa shape index (κ1) is 12.9. The minimum Gasteiger partial charge on any atom is -0.383 e. The van der Waals surface area contributed by atoms with Gasteiger partial charge in [-0.3, -0.25) is 4.98 Å². The van der Waals surface area contributed by atoms with Gasteiger partial charge in [-0.15, -0.1) is 0 Å². The second-order valence-corrected chi connectivity index (χ2v) is 4.29. The van der Waals surface area contributed by atoms with Crippen LogP contribution in [0.25, 0.3) is 11.0 Å². The van der Waals surface area contributed by atoms with E-state index in [1.54, 1.807) is 7.11 Å². The van der Waals surface area contributed by atoms with Crippen molar-refractivity contribution in [1.29, 1.82) is 0 Å². The van der Waals surface area contributed by atoms with Crippen molar-refractivity contribution in [2.45, 2.75) is 25.9 Å². The van der Waals surface area contributed by atoms with Crippen molar-refractivity contribution in [2.24, 2.45) is 0 Å². The van der Waals surface area contributed by atoms with Crippen molar-refractivity contribution in [3.8, 4) is 0 Å². The molecule has 96 valence electrons. The van der Waals surface area contributed by atoms with Crippen LogP contribution in [0.3, 0.4) is 0 Å². The number of nitrogens with zero attached hydrogens (tertiary/aromatic N) is 2. The van der Waals surface area contributed by atoms with Crippen molar-refractivity contribution >= 4 is 11.0 Å². The van der Waals surface area contributed by atoms with Crippen molar-refractivity contribution in [3.05, 3.63) is 36.2 Å². The van der Waals surface area contributed by atoms with E-state index in [1.807, 2.05) is 30.5 Å². The van der Waals surface area contributed by atoms with E-state index in [9.17, 15) is 0 Å². The number of methoxy groups -OCH3 is 1. The highest BCUT2D eigenvalue weighted by Gasteiger charge is 2.06. The van der Waals surface area contributed by atoms with Crippen LogP contribution >= 0.6 is 0 Å². The molecule has 1 atom stereocenters. The first-order chi connectivity index (χ1) is 8.83. The fourth-order valence-electron chi connectivity index (χ4n) is 1.85. The third kappa shape index (κ3) is 3.24. The van der Waals surface area contributed by atoms with E-state index in [0.29, 0.717) is 6.04 Å².